The van der Waals surface area contributed by atoms with Gasteiger partial charge in [0.1, 0.15) is 11.0 Å². The Morgan fingerprint density at radius 1 is 0.593 bits per heavy atom. The van der Waals surface area contributed by atoms with Gasteiger partial charge in [0.05, 0.1) is 6.04 Å². The number of fused-ring (bicyclic) bond motifs is 9. The molecular formula is C52H47NO. The number of para-hydroxylation sites is 2. The van der Waals surface area contributed by atoms with Crippen LogP contribution in [0.1, 0.15) is 82.7 Å². The predicted molar refractivity (Wildman–Crippen MR) is 227 cm³/mol. The van der Waals surface area contributed by atoms with Crippen LogP contribution in [0.3, 0.4) is 0 Å². The third-order valence-corrected chi connectivity index (χ3v) is 12.8. The van der Waals surface area contributed by atoms with E-state index in [4.69, 9.17) is 4.42 Å². The normalized spacial score (nSPS) is 17.1. The summed E-state index contributed by atoms with van der Waals surface area (Å²) in [5.74, 6) is 0. The number of nitrogens with zero attached hydrogens (tertiary/aromatic N) is 1. The molecular weight excluding hydrogens is 655 g/mol. The summed E-state index contributed by atoms with van der Waals surface area (Å²) in [4.78, 5) is 2.59. The molecule has 1 heterocycles. The van der Waals surface area contributed by atoms with E-state index < -0.39 is 0 Å². The molecule has 3 aliphatic carbocycles. The lowest BCUT2D eigenvalue weighted by Crippen LogP contribution is -2.37. The Morgan fingerprint density at radius 3 is 2.07 bits per heavy atom. The van der Waals surface area contributed by atoms with Crippen LogP contribution in [-0.2, 0) is 16.2 Å². The maximum absolute atomic E-state index is 6.55. The quantitative estimate of drug-likeness (QED) is 0.182. The van der Waals surface area contributed by atoms with E-state index in [1.54, 1.807) is 0 Å². The average Bonchev–Trinajstić information content (AvgIpc) is 3.74. The Bertz CT molecular complexity index is 2800. The summed E-state index contributed by atoms with van der Waals surface area (Å²) in [6.07, 6.45) is 5.62. The molecule has 0 radical (unpaired) electrons. The Labute approximate surface area is 319 Å². The molecule has 54 heavy (non-hydrogen) atoms. The second-order valence-electron chi connectivity index (χ2n) is 17.7. The van der Waals surface area contributed by atoms with Crippen LogP contribution in [0, 0.1) is 0 Å². The minimum atomic E-state index is -0.110. The smallest absolute Gasteiger partial charge is 0.135 e. The topological polar surface area (TPSA) is 16.4 Å². The molecule has 1 unspecified atom stereocenters. The number of rotatable bonds is 4. The SMILES string of the molecule is CC(C)(C)c1ccc2c(c1)C(C)(C)c1cccc(-c3ccccc3N(c3ccc4c(c3)C(C)(C)c3ccccc3-4)C3C=c4oc5ccccc5c4=CC3)c1-2. The summed E-state index contributed by atoms with van der Waals surface area (Å²) in [6.45, 7) is 16.5. The summed E-state index contributed by atoms with van der Waals surface area (Å²) < 4.78 is 6.55. The van der Waals surface area contributed by atoms with E-state index in [-0.39, 0.29) is 22.3 Å². The fourth-order valence-electron chi connectivity index (χ4n) is 9.82. The van der Waals surface area contributed by atoms with Gasteiger partial charge in [0.15, 0.2) is 0 Å². The first-order valence-corrected chi connectivity index (χ1v) is 19.5. The lowest BCUT2D eigenvalue weighted by atomic mass is 9.79. The van der Waals surface area contributed by atoms with E-state index >= 15 is 0 Å². The van der Waals surface area contributed by atoms with Crippen molar-refractivity contribution in [2.24, 2.45) is 0 Å². The maximum Gasteiger partial charge on any atom is 0.135 e. The molecule has 10 rings (SSSR count). The number of hydrogen-bond donors (Lipinski definition) is 0. The third kappa shape index (κ3) is 4.72. The minimum absolute atomic E-state index is 0.0407. The van der Waals surface area contributed by atoms with Crippen LogP contribution < -0.4 is 15.5 Å². The van der Waals surface area contributed by atoms with Crippen molar-refractivity contribution in [3.8, 4) is 33.4 Å². The molecule has 266 valence electrons. The van der Waals surface area contributed by atoms with Crippen LogP contribution in [0.4, 0.5) is 11.4 Å². The predicted octanol–water partition coefficient (Wildman–Crippen LogP) is 12.2. The van der Waals surface area contributed by atoms with Crippen molar-refractivity contribution >= 4 is 34.5 Å². The van der Waals surface area contributed by atoms with Gasteiger partial charge in [-0.2, -0.15) is 0 Å². The van der Waals surface area contributed by atoms with Gasteiger partial charge in [0.25, 0.3) is 0 Å². The van der Waals surface area contributed by atoms with Crippen LogP contribution in [-0.4, -0.2) is 6.04 Å². The van der Waals surface area contributed by atoms with E-state index in [2.05, 4.69) is 193 Å². The molecule has 0 spiro atoms. The van der Waals surface area contributed by atoms with E-state index in [0.29, 0.717) is 0 Å². The highest BCUT2D eigenvalue weighted by Gasteiger charge is 2.39. The lowest BCUT2D eigenvalue weighted by Gasteiger charge is -2.35. The Morgan fingerprint density at radius 2 is 1.24 bits per heavy atom. The second-order valence-corrected chi connectivity index (χ2v) is 17.7. The van der Waals surface area contributed by atoms with Gasteiger partial charge < -0.3 is 9.32 Å². The third-order valence-electron chi connectivity index (χ3n) is 12.8. The van der Waals surface area contributed by atoms with Crippen molar-refractivity contribution in [3.63, 3.8) is 0 Å². The van der Waals surface area contributed by atoms with Crippen LogP contribution in [0.2, 0.25) is 0 Å². The van der Waals surface area contributed by atoms with Gasteiger partial charge in [0, 0.05) is 38.4 Å². The first-order valence-electron chi connectivity index (χ1n) is 19.5. The number of hydrogen-bond acceptors (Lipinski definition) is 2. The first kappa shape index (κ1) is 33.0. The van der Waals surface area contributed by atoms with Crippen LogP contribution >= 0.6 is 0 Å². The fraction of sp³-hybridized carbons (Fsp3) is 0.231. The van der Waals surface area contributed by atoms with E-state index in [1.807, 2.05) is 0 Å². The Hall–Kier alpha value is -5.60. The highest BCUT2D eigenvalue weighted by molar-refractivity contribution is 5.97. The first-order chi connectivity index (χ1) is 25.9. The Kier molecular flexibility index (Phi) is 7.00. The van der Waals surface area contributed by atoms with Gasteiger partial charge in [-0.05, 0) is 97.8 Å². The molecule has 6 aromatic carbocycles. The van der Waals surface area contributed by atoms with Gasteiger partial charge in [-0.1, -0.05) is 158 Å². The number of furan rings is 1. The van der Waals surface area contributed by atoms with Crippen molar-refractivity contribution in [2.45, 2.75) is 77.2 Å². The minimum Gasteiger partial charge on any atom is -0.456 e. The van der Waals surface area contributed by atoms with Gasteiger partial charge >= 0.3 is 0 Å². The Balaban J connectivity index is 1.20. The summed E-state index contributed by atoms with van der Waals surface area (Å²) in [6, 6.07) is 47.8. The standard InChI is InChI=1S/C52H47NO/c1-50(2,3)32-23-26-41-44(29-32)52(6,7)43-20-14-18-40(49(41)43)37-16-9-12-21-46(37)53(34-25-28-39-38-17-10-13-22-47(38)54-48(39)31-34)33-24-27-36-35-15-8-11-19-42(35)51(4,5)45(36)30-33/h8-24,26-31,34H,25H2,1-7H3. The van der Waals surface area contributed by atoms with Crippen LogP contribution in [0.15, 0.2) is 132 Å². The average molecular weight is 702 g/mol. The number of benzene rings is 6. The highest BCUT2D eigenvalue weighted by Crippen LogP contribution is 2.55. The molecule has 0 saturated carbocycles. The molecule has 7 aromatic rings. The molecule has 2 nitrogen and oxygen atoms in total. The molecule has 0 amide bonds. The zero-order valence-corrected chi connectivity index (χ0v) is 32.4. The highest BCUT2D eigenvalue weighted by atomic mass is 16.3. The largest absolute Gasteiger partial charge is 0.456 e. The molecule has 0 fully saturated rings. The van der Waals surface area contributed by atoms with Crippen molar-refractivity contribution in [1.29, 1.82) is 0 Å². The maximum atomic E-state index is 6.55. The van der Waals surface area contributed by atoms with Crippen molar-refractivity contribution in [3.05, 3.63) is 166 Å². The van der Waals surface area contributed by atoms with Crippen LogP contribution in [0.25, 0.3) is 56.5 Å². The zero-order chi connectivity index (χ0) is 37.1. The van der Waals surface area contributed by atoms with Gasteiger partial charge in [0.2, 0.25) is 0 Å². The molecule has 0 saturated heterocycles. The molecule has 1 atom stereocenters. The number of anilines is 2. The van der Waals surface area contributed by atoms with E-state index in [0.717, 1.165) is 17.4 Å². The zero-order valence-electron chi connectivity index (χ0n) is 32.4. The molecule has 3 aliphatic rings. The fourth-order valence-corrected chi connectivity index (χ4v) is 9.82. The molecule has 1 aromatic heterocycles. The van der Waals surface area contributed by atoms with Crippen molar-refractivity contribution < 1.29 is 4.42 Å². The van der Waals surface area contributed by atoms with Gasteiger partial charge in [-0.3, -0.25) is 0 Å². The second kappa shape index (κ2) is 11.5. The van der Waals surface area contributed by atoms with E-state index in [1.165, 1.54) is 83.2 Å². The summed E-state index contributed by atoms with van der Waals surface area (Å²) in [7, 11) is 0. The molecule has 2 heteroatoms. The summed E-state index contributed by atoms with van der Waals surface area (Å²) in [5.41, 5.74) is 19.0. The monoisotopic (exact) mass is 701 g/mol. The lowest BCUT2D eigenvalue weighted by molar-refractivity contribution is 0.568. The van der Waals surface area contributed by atoms with Gasteiger partial charge in [-0.15, -0.1) is 0 Å². The van der Waals surface area contributed by atoms with E-state index in [9.17, 15) is 0 Å². The molecule has 0 aliphatic heterocycles. The van der Waals surface area contributed by atoms with Crippen LogP contribution in [0.5, 0.6) is 0 Å². The van der Waals surface area contributed by atoms with Crippen molar-refractivity contribution in [1.82, 2.24) is 0 Å². The van der Waals surface area contributed by atoms with Gasteiger partial charge in [-0.25, -0.2) is 0 Å². The summed E-state index contributed by atoms with van der Waals surface area (Å²) >= 11 is 0. The molecule has 0 bridgehead atoms. The van der Waals surface area contributed by atoms with Crippen molar-refractivity contribution in [2.75, 3.05) is 4.90 Å². The molecule has 0 N–H and O–H groups in total. The summed E-state index contributed by atoms with van der Waals surface area (Å²) in [5, 5.41) is 2.39.